The molecule has 28 heavy (non-hydrogen) atoms. The lowest BCUT2D eigenvalue weighted by molar-refractivity contribution is 0.481. The summed E-state index contributed by atoms with van der Waals surface area (Å²) >= 11 is 0. The Morgan fingerprint density at radius 2 is 1.25 bits per heavy atom. The number of aryl methyl sites for hydroxylation is 2. The molecule has 0 unspecified atom stereocenters. The second-order valence-electron chi connectivity index (χ2n) is 8.76. The third kappa shape index (κ3) is 11.9. The Morgan fingerprint density at radius 1 is 0.786 bits per heavy atom. The molecule has 0 aliphatic rings. The fourth-order valence-corrected chi connectivity index (χ4v) is 4.52. The summed E-state index contributed by atoms with van der Waals surface area (Å²) in [5.74, 6) is 0.849. The summed E-state index contributed by atoms with van der Waals surface area (Å²) in [5, 5.41) is 0. The highest BCUT2D eigenvalue weighted by Crippen LogP contribution is 2.20. The molecule has 1 aromatic rings. The van der Waals surface area contributed by atoms with Crippen LogP contribution in [0.1, 0.15) is 108 Å². The standard InChI is InChI=1S/C24H42O3S/c1-21(2)16-14-12-10-8-6-4-5-7-9-11-13-15-17-23-20-22(3)18-19-24(23)28(25,26)27/h18-21H,4-17H2,1-3H3,(H,25,26,27). The van der Waals surface area contributed by atoms with Crippen molar-refractivity contribution in [2.75, 3.05) is 0 Å². The smallest absolute Gasteiger partial charge is 0.282 e. The van der Waals surface area contributed by atoms with Gasteiger partial charge in [-0.25, -0.2) is 0 Å². The highest BCUT2D eigenvalue weighted by molar-refractivity contribution is 7.85. The van der Waals surface area contributed by atoms with Gasteiger partial charge < -0.3 is 0 Å². The number of benzene rings is 1. The van der Waals surface area contributed by atoms with Gasteiger partial charge in [-0.1, -0.05) is 109 Å². The van der Waals surface area contributed by atoms with Gasteiger partial charge in [0.1, 0.15) is 0 Å². The fraction of sp³-hybridized carbons (Fsp3) is 0.750. The van der Waals surface area contributed by atoms with E-state index in [2.05, 4.69) is 13.8 Å². The number of hydrogen-bond donors (Lipinski definition) is 1. The van der Waals surface area contributed by atoms with Crippen LogP contribution in [0.25, 0.3) is 0 Å². The SMILES string of the molecule is Cc1ccc(S(=O)(=O)O)c(CCCCCCCCCCCCCCC(C)C)c1. The van der Waals surface area contributed by atoms with Crippen LogP contribution in [0, 0.1) is 12.8 Å². The van der Waals surface area contributed by atoms with Gasteiger partial charge in [-0.2, -0.15) is 8.42 Å². The van der Waals surface area contributed by atoms with E-state index in [1.807, 2.05) is 13.0 Å². The van der Waals surface area contributed by atoms with E-state index in [-0.39, 0.29) is 4.90 Å². The Kier molecular flexibility index (Phi) is 12.7. The lowest BCUT2D eigenvalue weighted by atomic mass is 10.0. The van der Waals surface area contributed by atoms with Gasteiger partial charge >= 0.3 is 0 Å². The minimum atomic E-state index is -4.12. The Hall–Kier alpha value is -0.870. The minimum Gasteiger partial charge on any atom is -0.282 e. The predicted molar refractivity (Wildman–Crippen MR) is 120 cm³/mol. The average molecular weight is 411 g/mol. The van der Waals surface area contributed by atoms with Gasteiger partial charge in [-0.05, 0) is 37.3 Å². The fourth-order valence-electron chi connectivity index (χ4n) is 3.79. The summed E-state index contributed by atoms with van der Waals surface area (Å²) in [4.78, 5) is 0.0716. The van der Waals surface area contributed by atoms with Crippen LogP contribution in [0.15, 0.2) is 23.1 Å². The highest BCUT2D eigenvalue weighted by atomic mass is 32.2. The lowest BCUT2D eigenvalue weighted by Gasteiger charge is -2.08. The van der Waals surface area contributed by atoms with Gasteiger partial charge in [-0.3, -0.25) is 4.55 Å². The molecule has 0 amide bonds. The van der Waals surface area contributed by atoms with Crippen LogP contribution in [0.5, 0.6) is 0 Å². The molecule has 0 saturated heterocycles. The van der Waals surface area contributed by atoms with E-state index >= 15 is 0 Å². The molecule has 0 aliphatic heterocycles. The maximum Gasteiger partial charge on any atom is 0.294 e. The highest BCUT2D eigenvalue weighted by Gasteiger charge is 2.14. The monoisotopic (exact) mass is 410 g/mol. The molecule has 0 radical (unpaired) electrons. The van der Waals surface area contributed by atoms with Crippen molar-refractivity contribution in [1.82, 2.24) is 0 Å². The quantitative estimate of drug-likeness (QED) is 0.226. The van der Waals surface area contributed by atoms with Crippen molar-refractivity contribution < 1.29 is 13.0 Å². The predicted octanol–water partition coefficient (Wildman–Crippen LogP) is 7.51. The van der Waals surface area contributed by atoms with E-state index in [0.29, 0.717) is 6.42 Å². The number of hydrogen-bond acceptors (Lipinski definition) is 2. The number of unbranched alkanes of at least 4 members (excludes halogenated alkanes) is 11. The summed E-state index contributed by atoms with van der Waals surface area (Å²) in [6, 6.07) is 5.13. The van der Waals surface area contributed by atoms with E-state index in [4.69, 9.17) is 0 Å². The maximum absolute atomic E-state index is 11.5. The first-order chi connectivity index (χ1) is 13.3. The first-order valence-corrected chi connectivity index (χ1v) is 12.8. The van der Waals surface area contributed by atoms with Gasteiger partial charge in [0.05, 0.1) is 4.90 Å². The molecule has 0 atom stereocenters. The molecule has 1 aromatic carbocycles. The molecule has 0 bridgehead atoms. The zero-order valence-electron chi connectivity index (χ0n) is 18.4. The van der Waals surface area contributed by atoms with E-state index in [1.54, 1.807) is 6.07 Å². The summed E-state index contributed by atoms with van der Waals surface area (Å²) in [7, 11) is -4.12. The van der Waals surface area contributed by atoms with Crippen molar-refractivity contribution in [3.05, 3.63) is 29.3 Å². The molecule has 162 valence electrons. The Bertz CT molecular complexity index is 635. The third-order valence-corrected chi connectivity index (χ3v) is 6.43. The minimum absolute atomic E-state index is 0.0716. The topological polar surface area (TPSA) is 54.4 Å². The zero-order valence-corrected chi connectivity index (χ0v) is 19.2. The molecular weight excluding hydrogens is 368 g/mol. The van der Waals surface area contributed by atoms with Crippen molar-refractivity contribution >= 4 is 10.1 Å². The van der Waals surface area contributed by atoms with Crippen molar-refractivity contribution in [3.63, 3.8) is 0 Å². The van der Waals surface area contributed by atoms with Crippen molar-refractivity contribution in [3.8, 4) is 0 Å². The second kappa shape index (κ2) is 14.2. The van der Waals surface area contributed by atoms with Gasteiger partial charge in [-0.15, -0.1) is 0 Å². The molecule has 1 N–H and O–H groups in total. The van der Waals surface area contributed by atoms with E-state index in [0.717, 1.165) is 29.9 Å². The number of rotatable bonds is 16. The molecular formula is C24H42O3S. The van der Waals surface area contributed by atoms with Gasteiger partial charge in [0.2, 0.25) is 0 Å². The molecule has 0 aliphatic carbocycles. The maximum atomic E-state index is 11.5. The van der Waals surface area contributed by atoms with Crippen molar-refractivity contribution in [2.24, 2.45) is 5.92 Å². The Balaban J connectivity index is 2.02. The lowest BCUT2D eigenvalue weighted by Crippen LogP contribution is -2.03. The van der Waals surface area contributed by atoms with Crippen LogP contribution in [-0.4, -0.2) is 13.0 Å². The molecule has 4 heteroatoms. The summed E-state index contributed by atoms with van der Waals surface area (Å²) in [6.45, 7) is 6.56. The molecule has 3 nitrogen and oxygen atoms in total. The molecule has 1 rings (SSSR count). The van der Waals surface area contributed by atoms with Gasteiger partial charge in [0.15, 0.2) is 0 Å². The average Bonchev–Trinajstić information content (AvgIpc) is 2.60. The molecule has 0 heterocycles. The van der Waals surface area contributed by atoms with Crippen LogP contribution < -0.4 is 0 Å². The van der Waals surface area contributed by atoms with Gasteiger partial charge in [0, 0.05) is 0 Å². The van der Waals surface area contributed by atoms with Crippen LogP contribution in [0.4, 0.5) is 0 Å². The Morgan fingerprint density at radius 3 is 1.71 bits per heavy atom. The first kappa shape index (κ1) is 25.2. The summed E-state index contributed by atoms with van der Waals surface area (Å²) < 4.78 is 32.3. The molecule has 0 saturated carbocycles. The van der Waals surface area contributed by atoms with E-state index in [1.165, 1.54) is 76.7 Å². The van der Waals surface area contributed by atoms with Crippen LogP contribution in [0.2, 0.25) is 0 Å². The van der Waals surface area contributed by atoms with Crippen LogP contribution >= 0.6 is 0 Å². The third-order valence-electron chi connectivity index (χ3n) is 5.47. The second-order valence-corrected chi connectivity index (χ2v) is 10.2. The molecule has 0 fully saturated rings. The Labute approximate surface area is 174 Å². The van der Waals surface area contributed by atoms with Crippen molar-refractivity contribution in [1.29, 1.82) is 0 Å². The molecule has 0 spiro atoms. The largest absolute Gasteiger partial charge is 0.294 e. The van der Waals surface area contributed by atoms with E-state index < -0.39 is 10.1 Å². The van der Waals surface area contributed by atoms with Crippen molar-refractivity contribution in [2.45, 2.75) is 116 Å². The van der Waals surface area contributed by atoms with Gasteiger partial charge in [0.25, 0.3) is 10.1 Å². The summed E-state index contributed by atoms with van der Waals surface area (Å²) in [6.07, 6.45) is 17.7. The van der Waals surface area contributed by atoms with E-state index in [9.17, 15) is 13.0 Å². The molecule has 0 aromatic heterocycles. The summed E-state index contributed by atoms with van der Waals surface area (Å²) in [5.41, 5.74) is 1.78. The normalized spacial score (nSPS) is 12.0. The van der Waals surface area contributed by atoms with Crippen LogP contribution in [-0.2, 0) is 16.5 Å². The van der Waals surface area contributed by atoms with Crippen LogP contribution in [0.3, 0.4) is 0 Å². The first-order valence-electron chi connectivity index (χ1n) is 11.4. The zero-order chi connectivity index (χ0) is 20.8.